The molecule has 0 aliphatic heterocycles. The third-order valence-electron chi connectivity index (χ3n) is 2.86. The molecule has 0 fully saturated rings. The van der Waals surface area contributed by atoms with Gasteiger partial charge in [0.15, 0.2) is 10.8 Å². The Balaban J connectivity index is 2.09. The van der Waals surface area contributed by atoms with Crippen molar-refractivity contribution in [2.75, 3.05) is 5.32 Å². The van der Waals surface area contributed by atoms with Gasteiger partial charge >= 0.3 is 0 Å². The second-order valence-electron chi connectivity index (χ2n) is 6.02. The van der Waals surface area contributed by atoms with Crippen LogP contribution in [0.1, 0.15) is 56.8 Å². The number of hydrogen-bond donors (Lipinski definition) is 1. The van der Waals surface area contributed by atoms with Crippen LogP contribution in [0, 0.1) is 0 Å². The van der Waals surface area contributed by atoms with Crippen LogP contribution in [0.3, 0.4) is 0 Å². The molecule has 20 heavy (non-hydrogen) atoms. The Morgan fingerprint density at radius 1 is 1.40 bits per heavy atom. The molecule has 0 aliphatic rings. The molecule has 2 rings (SSSR count). The number of carbonyl (C=O) groups is 1. The van der Waals surface area contributed by atoms with Gasteiger partial charge < -0.3 is 0 Å². The summed E-state index contributed by atoms with van der Waals surface area (Å²) in [5, 5.41) is 9.62. The molecule has 2 heterocycles. The zero-order valence-corrected chi connectivity index (χ0v) is 13.3. The summed E-state index contributed by atoms with van der Waals surface area (Å²) < 4.78 is 1.76. The lowest BCUT2D eigenvalue weighted by Gasteiger charge is -2.14. The fourth-order valence-corrected chi connectivity index (χ4v) is 2.52. The van der Waals surface area contributed by atoms with Crippen LogP contribution < -0.4 is 5.32 Å². The first-order valence-corrected chi connectivity index (χ1v) is 7.48. The van der Waals surface area contributed by atoms with E-state index in [1.54, 1.807) is 10.7 Å². The third kappa shape index (κ3) is 3.25. The van der Waals surface area contributed by atoms with Gasteiger partial charge in [-0.25, -0.2) is 4.98 Å². The first-order valence-electron chi connectivity index (χ1n) is 6.60. The monoisotopic (exact) mass is 292 g/mol. The highest BCUT2D eigenvalue weighted by atomic mass is 32.1. The maximum Gasteiger partial charge on any atom is 0.277 e. The molecule has 2 aromatic rings. The molecular weight excluding hydrogens is 272 g/mol. The quantitative estimate of drug-likeness (QED) is 0.942. The molecule has 0 bridgehead atoms. The maximum atomic E-state index is 12.1. The van der Waals surface area contributed by atoms with Gasteiger partial charge in [0.05, 0.1) is 5.69 Å². The Kier molecular flexibility index (Phi) is 3.94. The zero-order chi connectivity index (χ0) is 14.9. The summed E-state index contributed by atoms with van der Waals surface area (Å²) in [5.41, 5.74) is 1.37. The van der Waals surface area contributed by atoms with Gasteiger partial charge in [-0.05, 0) is 19.9 Å². The summed E-state index contributed by atoms with van der Waals surface area (Å²) in [6, 6.07) is 1.96. The van der Waals surface area contributed by atoms with E-state index in [1.165, 1.54) is 11.3 Å². The average Bonchev–Trinajstić information content (AvgIpc) is 2.95. The smallest absolute Gasteiger partial charge is 0.277 e. The molecule has 0 aliphatic carbocycles. The van der Waals surface area contributed by atoms with Crippen molar-refractivity contribution in [2.45, 2.75) is 46.1 Å². The van der Waals surface area contributed by atoms with Crippen LogP contribution in [0.5, 0.6) is 0 Å². The van der Waals surface area contributed by atoms with E-state index < -0.39 is 0 Å². The van der Waals surface area contributed by atoms with E-state index in [1.807, 2.05) is 25.4 Å². The van der Waals surface area contributed by atoms with Crippen molar-refractivity contribution in [1.82, 2.24) is 14.8 Å². The summed E-state index contributed by atoms with van der Waals surface area (Å²) in [6.45, 7) is 10.3. The molecule has 0 radical (unpaired) electrons. The fraction of sp³-hybridized carbons (Fsp3) is 0.500. The minimum Gasteiger partial charge on any atom is -0.296 e. The van der Waals surface area contributed by atoms with Crippen molar-refractivity contribution in [3.05, 3.63) is 29.0 Å². The minimum absolute atomic E-state index is 0.0152. The first-order chi connectivity index (χ1) is 9.27. The van der Waals surface area contributed by atoms with Gasteiger partial charge in [-0.1, -0.05) is 20.8 Å². The number of hydrogen-bond acceptors (Lipinski definition) is 4. The summed E-state index contributed by atoms with van der Waals surface area (Å²) in [4.78, 5) is 16.5. The standard InChI is InChI=1S/C14H20N4OS/c1-9(2)18-7-6-10(17-18)12(19)16-13-15-11(8-20-13)14(3,4)5/h6-9H,1-5H3,(H,15,16,19). The largest absolute Gasteiger partial charge is 0.296 e. The summed E-state index contributed by atoms with van der Waals surface area (Å²) in [6.07, 6.45) is 1.81. The van der Waals surface area contributed by atoms with Gasteiger partial charge in [-0.15, -0.1) is 11.3 Å². The highest BCUT2D eigenvalue weighted by Crippen LogP contribution is 2.26. The van der Waals surface area contributed by atoms with E-state index >= 15 is 0 Å². The van der Waals surface area contributed by atoms with Crippen molar-refractivity contribution in [1.29, 1.82) is 0 Å². The lowest BCUT2D eigenvalue weighted by Crippen LogP contribution is -2.15. The Bertz CT molecular complexity index is 607. The number of anilines is 1. The van der Waals surface area contributed by atoms with Crippen LogP contribution in [0.25, 0.3) is 0 Å². The van der Waals surface area contributed by atoms with Crippen molar-refractivity contribution in [3.63, 3.8) is 0 Å². The number of carbonyl (C=O) groups excluding carboxylic acids is 1. The number of amides is 1. The molecule has 0 unspecified atom stereocenters. The Morgan fingerprint density at radius 3 is 2.60 bits per heavy atom. The number of aromatic nitrogens is 3. The van der Waals surface area contributed by atoms with E-state index in [4.69, 9.17) is 0 Å². The highest BCUT2D eigenvalue weighted by molar-refractivity contribution is 7.14. The third-order valence-corrected chi connectivity index (χ3v) is 3.62. The van der Waals surface area contributed by atoms with Crippen molar-refractivity contribution in [3.8, 4) is 0 Å². The van der Waals surface area contributed by atoms with Crippen LogP contribution in [-0.2, 0) is 5.41 Å². The maximum absolute atomic E-state index is 12.1. The zero-order valence-electron chi connectivity index (χ0n) is 12.5. The van der Waals surface area contributed by atoms with Gasteiger partial charge in [0, 0.05) is 23.0 Å². The molecule has 6 heteroatoms. The molecule has 0 atom stereocenters. The molecule has 0 spiro atoms. The van der Waals surface area contributed by atoms with Crippen LogP contribution in [-0.4, -0.2) is 20.7 Å². The molecule has 0 saturated heterocycles. The summed E-state index contributed by atoms with van der Waals surface area (Å²) >= 11 is 1.43. The van der Waals surface area contributed by atoms with E-state index in [-0.39, 0.29) is 17.4 Å². The molecule has 0 aromatic carbocycles. The predicted molar refractivity (Wildman–Crippen MR) is 81.4 cm³/mol. The molecule has 2 aromatic heterocycles. The number of thiazole rings is 1. The van der Waals surface area contributed by atoms with Gasteiger partial charge in [0.25, 0.3) is 5.91 Å². The van der Waals surface area contributed by atoms with Gasteiger partial charge in [-0.2, -0.15) is 5.10 Å². The summed E-state index contributed by atoms with van der Waals surface area (Å²) in [5.74, 6) is -0.223. The van der Waals surface area contributed by atoms with Crippen LogP contribution >= 0.6 is 11.3 Å². The SMILES string of the molecule is CC(C)n1ccc(C(=O)Nc2nc(C(C)(C)C)cs2)n1. The normalized spacial score (nSPS) is 11.9. The van der Waals surface area contributed by atoms with Gasteiger partial charge in [0.1, 0.15) is 0 Å². The Labute approximate surface area is 123 Å². The highest BCUT2D eigenvalue weighted by Gasteiger charge is 2.19. The second kappa shape index (κ2) is 5.36. The lowest BCUT2D eigenvalue weighted by molar-refractivity contribution is 0.102. The van der Waals surface area contributed by atoms with Gasteiger partial charge in [0.2, 0.25) is 0 Å². The van der Waals surface area contributed by atoms with Gasteiger partial charge in [-0.3, -0.25) is 14.8 Å². The van der Waals surface area contributed by atoms with E-state index in [0.717, 1.165) is 5.69 Å². The van der Waals surface area contributed by atoms with Crippen molar-refractivity contribution < 1.29 is 4.79 Å². The van der Waals surface area contributed by atoms with Crippen LogP contribution in [0.15, 0.2) is 17.6 Å². The number of nitrogens with zero attached hydrogens (tertiary/aromatic N) is 3. The summed E-state index contributed by atoms with van der Waals surface area (Å²) in [7, 11) is 0. The first kappa shape index (κ1) is 14.7. The Hall–Kier alpha value is -1.69. The van der Waals surface area contributed by atoms with E-state index in [2.05, 4.69) is 36.2 Å². The van der Waals surface area contributed by atoms with E-state index in [0.29, 0.717) is 10.8 Å². The van der Waals surface area contributed by atoms with E-state index in [9.17, 15) is 4.79 Å². The van der Waals surface area contributed by atoms with Crippen molar-refractivity contribution in [2.24, 2.45) is 0 Å². The fourth-order valence-electron chi connectivity index (χ4n) is 1.58. The molecule has 1 N–H and O–H groups in total. The molecule has 1 amide bonds. The Morgan fingerprint density at radius 2 is 2.10 bits per heavy atom. The minimum atomic E-state index is -0.223. The molecule has 5 nitrogen and oxygen atoms in total. The average molecular weight is 292 g/mol. The lowest BCUT2D eigenvalue weighted by atomic mass is 9.93. The molecule has 108 valence electrons. The van der Waals surface area contributed by atoms with Crippen LogP contribution in [0.2, 0.25) is 0 Å². The van der Waals surface area contributed by atoms with Crippen LogP contribution in [0.4, 0.5) is 5.13 Å². The molecule has 0 saturated carbocycles. The number of rotatable bonds is 3. The second-order valence-corrected chi connectivity index (χ2v) is 6.87. The molecular formula is C14H20N4OS. The predicted octanol–water partition coefficient (Wildman–Crippen LogP) is 3.47. The van der Waals surface area contributed by atoms with Crippen molar-refractivity contribution >= 4 is 22.4 Å². The topological polar surface area (TPSA) is 59.8 Å². The number of nitrogens with one attached hydrogen (secondary N) is 1.